The van der Waals surface area contributed by atoms with Gasteiger partial charge in [-0.2, -0.15) is 10.5 Å². The Morgan fingerprint density at radius 3 is 1.22 bits per heavy atom. The Morgan fingerprint density at radius 2 is 0.957 bits per heavy atom. The van der Waals surface area contributed by atoms with Crippen molar-refractivity contribution in [3.05, 3.63) is 70.8 Å². The average Bonchev–Trinajstić information content (AvgIpc) is 2.44. The molecule has 0 amide bonds. The van der Waals surface area contributed by atoms with Crippen LogP contribution in [-0.2, 0) is 12.8 Å². The topological polar surface area (TPSA) is 47.6 Å². The van der Waals surface area contributed by atoms with Gasteiger partial charge < -0.3 is 0 Å². The second kappa shape index (κ2) is 6.50. The van der Waals surface area contributed by atoms with Crippen molar-refractivity contribution in [3.8, 4) is 12.1 Å². The normalized spacial score (nSPS) is 10.9. The van der Waals surface area contributed by atoms with Crippen LogP contribution in [0.1, 0.15) is 11.1 Å². The second-order valence-corrected chi connectivity index (χ2v) is 5.21. The van der Waals surface area contributed by atoms with Crippen molar-refractivity contribution >= 4 is 0 Å². The van der Waals surface area contributed by atoms with Crippen molar-refractivity contribution < 1.29 is 17.6 Å². The van der Waals surface area contributed by atoms with Gasteiger partial charge >= 0.3 is 0 Å². The first-order valence-electron chi connectivity index (χ1n) is 6.58. The predicted molar refractivity (Wildman–Crippen MR) is 73.8 cm³/mol. The summed E-state index contributed by atoms with van der Waals surface area (Å²) in [5.74, 6) is -3.33. The van der Waals surface area contributed by atoms with Crippen LogP contribution in [0, 0.1) is 51.3 Å². The molecule has 0 spiro atoms. The lowest BCUT2D eigenvalue weighted by Crippen LogP contribution is -2.23. The minimum absolute atomic E-state index is 0.113. The number of halogens is 4. The highest BCUT2D eigenvalue weighted by atomic mass is 19.1. The molecule has 2 nitrogen and oxygen atoms in total. The molecule has 0 aliphatic rings. The molecule has 2 aromatic carbocycles. The van der Waals surface area contributed by atoms with Crippen LogP contribution >= 0.6 is 0 Å². The van der Waals surface area contributed by atoms with E-state index >= 15 is 0 Å². The van der Waals surface area contributed by atoms with E-state index in [0.717, 1.165) is 24.3 Å². The monoisotopic (exact) mass is 318 g/mol. The first-order valence-corrected chi connectivity index (χ1v) is 6.58. The van der Waals surface area contributed by atoms with Gasteiger partial charge in [0.1, 0.15) is 23.3 Å². The van der Waals surface area contributed by atoms with E-state index in [9.17, 15) is 28.1 Å². The van der Waals surface area contributed by atoms with Gasteiger partial charge in [0.05, 0.1) is 12.1 Å². The molecule has 0 aliphatic heterocycles. The van der Waals surface area contributed by atoms with Crippen LogP contribution in [0.25, 0.3) is 0 Å². The molecule has 0 N–H and O–H groups in total. The third-order valence-corrected chi connectivity index (χ3v) is 3.28. The summed E-state index contributed by atoms with van der Waals surface area (Å²) in [6, 6.07) is 8.97. The molecule has 0 radical (unpaired) electrons. The van der Waals surface area contributed by atoms with Gasteiger partial charge in [0.15, 0.2) is 5.41 Å². The Balaban J connectivity index is 2.36. The Labute approximate surface area is 130 Å². The van der Waals surface area contributed by atoms with Gasteiger partial charge in [0.25, 0.3) is 0 Å². The van der Waals surface area contributed by atoms with Crippen molar-refractivity contribution in [2.24, 2.45) is 5.41 Å². The standard InChI is InChI=1S/C17H10F4N2/c18-13-1-11(2-14(19)5-13)7-17(9-22,10-23)8-12-3-15(20)6-16(21)4-12/h1-6H,7-8H2. The molecule has 6 heteroatoms. The van der Waals surface area contributed by atoms with E-state index in [-0.39, 0.29) is 24.0 Å². The Kier molecular flexibility index (Phi) is 4.66. The number of nitrogens with zero attached hydrogens (tertiary/aromatic N) is 2. The molecule has 0 unspecified atom stereocenters. The summed E-state index contributed by atoms with van der Waals surface area (Å²) in [7, 11) is 0. The summed E-state index contributed by atoms with van der Waals surface area (Å²) in [5, 5.41) is 18.7. The lowest BCUT2D eigenvalue weighted by molar-refractivity contribution is 0.501. The minimum atomic E-state index is -1.69. The van der Waals surface area contributed by atoms with E-state index in [1.807, 2.05) is 0 Å². The fourth-order valence-electron chi connectivity index (χ4n) is 2.37. The van der Waals surface area contributed by atoms with Crippen molar-refractivity contribution in [1.29, 1.82) is 10.5 Å². The maximum atomic E-state index is 13.2. The van der Waals surface area contributed by atoms with Crippen molar-refractivity contribution in [2.45, 2.75) is 12.8 Å². The largest absolute Gasteiger partial charge is 0.207 e. The van der Waals surface area contributed by atoms with Crippen LogP contribution in [0.5, 0.6) is 0 Å². The van der Waals surface area contributed by atoms with E-state index in [4.69, 9.17) is 0 Å². The number of hydrogen-bond acceptors (Lipinski definition) is 2. The summed E-state index contributed by atoms with van der Waals surface area (Å²) in [6.45, 7) is 0. The van der Waals surface area contributed by atoms with E-state index in [0.29, 0.717) is 12.1 Å². The molecule has 0 saturated heterocycles. The summed E-state index contributed by atoms with van der Waals surface area (Å²) in [4.78, 5) is 0. The van der Waals surface area contributed by atoms with E-state index in [1.54, 1.807) is 12.1 Å². The van der Waals surface area contributed by atoms with Crippen molar-refractivity contribution in [1.82, 2.24) is 0 Å². The first kappa shape index (κ1) is 16.5. The van der Waals surface area contributed by atoms with Crippen LogP contribution in [0.3, 0.4) is 0 Å². The van der Waals surface area contributed by atoms with Gasteiger partial charge in [-0.15, -0.1) is 0 Å². The number of hydrogen-bond donors (Lipinski definition) is 0. The van der Waals surface area contributed by atoms with Crippen LogP contribution < -0.4 is 0 Å². The molecule has 0 saturated carbocycles. The molecule has 0 heterocycles. The zero-order valence-electron chi connectivity index (χ0n) is 11.8. The van der Waals surface area contributed by atoms with Crippen molar-refractivity contribution in [2.75, 3.05) is 0 Å². The van der Waals surface area contributed by atoms with Crippen molar-refractivity contribution in [3.63, 3.8) is 0 Å². The van der Waals surface area contributed by atoms with Gasteiger partial charge in [-0.05, 0) is 35.4 Å². The molecule has 0 bridgehead atoms. The predicted octanol–water partition coefficient (Wildman–Crippen LogP) is 4.06. The van der Waals surface area contributed by atoms with Gasteiger partial charge in [-0.3, -0.25) is 0 Å². The maximum Gasteiger partial charge on any atom is 0.151 e. The molecule has 0 aliphatic carbocycles. The number of nitriles is 2. The van der Waals surface area contributed by atoms with Crippen LogP contribution in [0.2, 0.25) is 0 Å². The summed E-state index contributed by atoms with van der Waals surface area (Å²) < 4.78 is 53.0. The SMILES string of the molecule is N#CC(C#N)(Cc1cc(F)cc(F)c1)Cc1cc(F)cc(F)c1. The van der Waals surface area contributed by atoms with Gasteiger partial charge in [-0.1, -0.05) is 0 Å². The highest BCUT2D eigenvalue weighted by molar-refractivity contribution is 5.30. The molecule has 2 rings (SSSR count). The molecular formula is C17H10F4N2. The average molecular weight is 318 g/mol. The van der Waals surface area contributed by atoms with Gasteiger partial charge in [0.2, 0.25) is 0 Å². The van der Waals surface area contributed by atoms with Gasteiger partial charge in [0, 0.05) is 25.0 Å². The zero-order valence-corrected chi connectivity index (χ0v) is 11.8. The Hall–Kier alpha value is -2.86. The highest BCUT2D eigenvalue weighted by Gasteiger charge is 2.31. The fraction of sp³-hybridized carbons (Fsp3) is 0.176. The third kappa shape index (κ3) is 4.08. The molecule has 23 heavy (non-hydrogen) atoms. The van der Waals surface area contributed by atoms with E-state index < -0.39 is 28.7 Å². The minimum Gasteiger partial charge on any atom is -0.207 e. The molecule has 0 aromatic heterocycles. The summed E-state index contributed by atoms with van der Waals surface area (Å²) in [5.41, 5.74) is -1.47. The van der Waals surface area contributed by atoms with E-state index in [1.165, 1.54) is 0 Å². The van der Waals surface area contributed by atoms with E-state index in [2.05, 4.69) is 0 Å². The molecule has 0 atom stereocenters. The zero-order chi connectivity index (χ0) is 17.0. The quantitative estimate of drug-likeness (QED) is 0.798. The Morgan fingerprint density at radius 1 is 0.652 bits per heavy atom. The lowest BCUT2D eigenvalue weighted by Gasteiger charge is -2.19. The maximum absolute atomic E-state index is 13.2. The van der Waals surface area contributed by atoms with Crippen LogP contribution in [0.15, 0.2) is 36.4 Å². The second-order valence-electron chi connectivity index (χ2n) is 5.21. The van der Waals surface area contributed by atoms with Crippen LogP contribution in [0.4, 0.5) is 17.6 Å². The van der Waals surface area contributed by atoms with Crippen LogP contribution in [-0.4, -0.2) is 0 Å². The lowest BCUT2D eigenvalue weighted by atomic mass is 9.79. The smallest absolute Gasteiger partial charge is 0.151 e. The van der Waals surface area contributed by atoms with Gasteiger partial charge in [-0.25, -0.2) is 17.6 Å². The first-order chi connectivity index (χ1) is 10.9. The molecular weight excluding hydrogens is 308 g/mol. The fourth-order valence-corrected chi connectivity index (χ4v) is 2.37. The summed E-state index contributed by atoms with van der Waals surface area (Å²) >= 11 is 0. The highest BCUT2D eigenvalue weighted by Crippen LogP contribution is 2.28. The molecule has 116 valence electrons. The Bertz CT molecular complexity index is 708. The summed E-state index contributed by atoms with van der Waals surface area (Å²) in [6.07, 6.45) is -0.542. The third-order valence-electron chi connectivity index (χ3n) is 3.28. The number of benzene rings is 2. The molecule has 2 aromatic rings. The number of rotatable bonds is 4. The molecule has 0 fully saturated rings.